The minimum absolute atomic E-state index is 0. The van der Waals surface area contributed by atoms with Crippen LogP contribution in [0.5, 0.6) is 0 Å². The van der Waals surface area contributed by atoms with Crippen molar-refractivity contribution in [1.82, 2.24) is 0 Å². The van der Waals surface area contributed by atoms with Gasteiger partial charge in [-0.3, -0.25) is 0 Å². The molecule has 0 radical (unpaired) electrons. The average Bonchev–Trinajstić information content (AvgIpc) is 3.71. The molecule has 0 saturated heterocycles. The van der Waals surface area contributed by atoms with Crippen LogP contribution in [0.15, 0.2) is 127 Å². The van der Waals surface area contributed by atoms with Crippen LogP contribution in [-0.4, -0.2) is 3.21 Å². The summed E-state index contributed by atoms with van der Waals surface area (Å²) in [5.41, 5.74) is 3.20. The molecule has 7 aromatic rings. The Bertz CT molecular complexity index is 1790. The first-order valence-corrected chi connectivity index (χ1v) is 16.4. The van der Waals surface area contributed by atoms with Crippen molar-refractivity contribution in [1.29, 1.82) is 0 Å². The summed E-state index contributed by atoms with van der Waals surface area (Å²) in [6.45, 7) is 17.9. The third kappa shape index (κ3) is 13.5. The topological polar surface area (TPSA) is 0 Å². The van der Waals surface area contributed by atoms with Gasteiger partial charge in [0.05, 0.1) is 0 Å². The van der Waals surface area contributed by atoms with Gasteiger partial charge in [0.25, 0.3) is 0 Å². The molecule has 0 N–H and O–H groups in total. The molecule has 7 rings (SSSR count). The molecule has 0 fully saturated rings. The van der Waals surface area contributed by atoms with Crippen molar-refractivity contribution in [3.05, 3.63) is 139 Å². The van der Waals surface area contributed by atoms with Crippen molar-refractivity contribution >= 4 is 58.7 Å². The number of benzene rings is 4. The summed E-state index contributed by atoms with van der Waals surface area (Å²) in [6, 6.07) is 45.4. The quantitative estimate of drug-likeness (QED) is 0.205. The molecule has 0 amide bonds. The summed E-state index contributed by atoms with van der Waals surface area (Å²) in [6.07, 6.45) is 0. The van der Waals surface area contributed by atoms with Crippen molar-refractivity contribution in [2.75, 3.05) is 0 Å². The Kier molecular flexibility index (Phi) is 22.3. The van der Waals surface area contributed by atoms with Gasteiger partial charge in [-0.2, -0.15) is 18.2 Å². The predicted octanol–water partition coefficient (Wildman–Crippen LogP) is 3.60. The molecule has 0 spiro atoms. The largest absolute Gasteiger partial charge is 4.00 e. The van der Waals surface area contributed by atoms with Gasteiger partial charge in [0.15, 0.2) is 0 Å². The van der Waals surface area contributed by atoms with Gasteiger partial charge in [-0.15, -0.1) is 91.9 Å². The molecule has 0 aliphatic heterocycles. The number of fused-ring (bicyclic) bond motifs is 6. The van der Waals surface area contributed by atoms with Crippen LogP contribution in [0.25, 0.3) is 43.1 Å². The second-order valence-electron chi connectivity index (χ2n) is 13.5. The second kappa shape index (κ2) is 21.9. The van der Waals surface area contributed by atoms with Gasteiger partial charge in [0, 0.05) is 0 Å². The Balaban J connectivity index is 0. The van der Waals surface area contributed by atoms with Gasteiger partial charge >= 0.3 is 67.5 Å². The van der Waals surface area contributed by atoms with Crippen LogP contribution in [0.4, 0.5) is 0 Å². The zero-order chi connectivity index (χ0) is 31.2. The van der Waals surface area contributed by atoms with Crippen LogP contribution < -0.4 is 37.2 Å². The minimum Gasteiger partial charge on any atom is -1.00 e. The average molecular weight is 875 g/mol. The van der Waals surface area contributed by atoms with Gasteiger partial charge < -0.3 is 37.2 Å². The maximum absolute atomic E-state index is 2.38. The van der Waals surface area contributed by atoms with Crippen molar-refractivity contribution in [2.24, 2.45) is 0 Å². The molecule has 250 valence electrons. The van der Waals surface area contributed by atoms with Crippen LogP contribution in [0.3, 0.4) is 0 Å². The standard InChI is InChI=1S/C21H25.C13H9.C5H5.C3H6.4ClH.2Zr/c1-20(2,3)16-9-7-14-11-15-8-10-17(21(4,5)6)13-19(15)18(14)12-16;1-3-7-12-10(5-1)9-11-6-2-4-8-13(11)12;1-2-4-5-3-1;1-3-2;;;;;;/h7-13H,1-6H3;1-9H;1-5H;1-2H3;4*1H;;/q3*-1;;;;;;+2;+4/p-3. The van der Waals surface area contributed by atoms with Gasteiger partial charge in [0.2, 0.25) is 0 Å². The Hall–Kier alpha value is -1.23. The molecule has 0 atom stereocenters. The zero-order valence-corrected chi connectivity index (χ0v) is 37.2. The summed E-state index contributed by atoms with van der Waals surface area (Å²) in [5, 5.41) is 10.9. The normalized spacial score (nSPS) is 10.2. The molecule has 0 bridgehead atoms. The van der Waals surface area contributed by atoms with Crippen LogP contribution in [0.2, 0.25) is 0 Å². The monoisotopic (exact) mass is 870 g/mol. The van der Waals surface area contributed by atoms with Crippen molar-refractivity contribution in [3.8, 4) is 0 Å². The van der Waals surface area contributed by atoms with E-state index in [4.69, 9.17) is 0 Å². The van der Waals surface area contributed by atoms with Gasteiger partial charge in [-0.25, -0.2) is 12.1 Å². The number of halogens is 4. The molecule has 0 nitrogen and oxygen atoms in total. The maximum Gasteiger partial charge on any atom is 4.00 e. The Morgan fingerprint density at radius 1 is 0.500 bits per heavy atom. The third-order valence-corrected chi connectivity index (χ3v) is 7.52. The molecular formula is C42H46Cl4Zr2. The van der Waals surface area contributed by atoms with Crippen LogP contribution in [0, 0.1) is 0 Å². The van der Waals surface area contributed by atoms with E-state index in [9.17, 15) is 0 Å². The summed E-state index contributed by atoms with van der Waals surface area (Å²) >= 11 is 1.55. The first-order chi connectivity index (χ1) is 20.3. The molecule has 7 aromatic carbocycles. The third-order valence-electron chi connectivity index (χ3n) is 7.52. The van der Waals surface area contributed by atoms with Crippen LogP contribution >= 0.6 is 12.4 Å². The van der Waals surface area contributed by atoms with Crippen molar-refractivity contribution < 1.29 is 87.7 Å². The van der Waals surface area contributed by atoms with Gasteiger partial charge in [-0.05, 0) is 10.8 Å². The molecule has 0 aromatic heterocycles. The van der Waals surface area contributed by atoms with E-state index in [-0.39, 0.29) is 86.7 Å². The first-order valence-electron chi connectivity index (χ1n) is 15.2. The Morgan fingerprint density at radius 2 is 0.812 bits per heavy atom. The van der Waals surface area contributed by atoms with E-state index in [0.717, 1.165) is 0 Å². The summed E-state index contributed by atoms with van der Waals surface area (Å²) < 4.78 is 1.51. The molecule has 0 aliphatic carbocycles. The fourth-order valence-electron chi connectivity index (χ4n) is 5.16. The summed E-state index contributed by atoms with van der Waals surface area (Å²) in [5.74, 6) is 0. The molecule has 0 unspecified atom stereocenters. The summed E-state index contributed by atoms with van der Waals surface area (Å²) in [7, 11) is 0. The smallest absolute Gasteiger partial charge is 1.00 e. The van der Waals surface area contributed by atoms with Crippen LogP contribution in [0.1, 0.15) is 66.5 Å². The first kappa shape index (κ1) is 48.9. The Labute approximate surface area is 347 Å². The van der Waals surface area contributed by atoms with E-state index in [1.54, 1.807) is 24.2 Å². The van der Waals surface area contributed by atoms with Crippen LogP contribution in [-0.2, 0) is 61.3 Å². The van der Waals surface area contributed by atoms with Gasteiger partial charge in [-0.1, -0.05) is 113 Å². The molecule has 48 heavy (non-hydrogen) atoms. The van der Waals surface area contributed by atoms with E-state index in [1.165, 1.54) is 57.4 Å². The fourth-order valence-corrected chi connectivity index (χ4v) is 5.16. The van der Waals surface area contributed by atoms with E-state index < -0.39 is 0 Å². The summed E-state index contributed by atoms with van der Waals surface area (Å²) in [4.78, 5) is 0. The van der Waals surface area contributed by atoms with Crippen molar-refractivity contribution in [2.45, 2.75) is 66.2 Å². The van der Waals surface area contributed by atoms with Gasteiger partial charge in [0.1, 0.15) is 0 Å². The number of hydrogen-bond acceptors (Lipinski definition) is 0. The SMILES string of the molecule is CC(C)(C)c1ccc2[cH-]c3ccc(C(C)(C)C)cc3c2c1.C[C](C)=[Zr+2].Cl.[Cl-].[Cl-].[Cl-].[Zr+4].c1cc[cH-]c1.c1ccc2c(c1)[cH-]c1ccccc12. The molecule has 6 heteroatoms. The predicted molar refractivity (Wildman–Crippen MR) is 197 cm³/mol. The maximum atomic E-state index is 2.38. The van der Waals surface area contributed by atoms with Crippen molar-refractivity contribution in [3.63, 3.8) is 0 Å². The zero-order valence-electron chi connectivity index (χ0n) is 29.2. The van der Waals surface area contributed by atoms with E-state index in [2.05, 4.69) is 152 Å². The molecule has 0 aliphatic rings. The minimum atomic E-state index is 0. The molecule has 0 heterocycles. The molecule has 0 saturated carbocycles. The van der Waals surface area contributed by atoms with E-state index in [0.29, 0.717) is 0 Å². The van der Waals surface area contributed by atoms with E-state index >= 15 is 0 Å². The number of rotatable bonds is 0. The fraction of sp³-hybridized carbons (Fsp3) is 0.238. The van der Waals surface area contributed by atoms with E-state index in [1.807, 2.05) is 30.3 Å². The Morgan fingerprint density at radius 3 is 1.10 bits per heavy atom. The number of hydrogen-bond donors (Lipinski definition) is 0. The second-order valence-corrected chi connectivity index (χ2v) is 16.0. The molecular weight excluding hydrogens is 829 g/mol.